The first-order valence-electron chi connectivity index (χ1n) is 2.97. The summed E-state index contributed by atoms with van der Waals surface area (Å²) < 4.78 is 69.4. The van der Waals surface area contributed by atoms with Crippen LogP contribution in [-0.2, 0) is 19.3 Å². The van der Waals surface area contributed by atoms with Gasteiger partial charge >= 0.3 is 35.4 Å². The Hall–Kier alpha value is 0.217. The molecule has 0 bridgehead atoms. The molecule has 0 saturated heterocycles. The van der Waals surface area contributed by atoms with E-state index in [4.69, 9.17) is 4.55 Å². The summed E-state index contributed by atoms with van der Waals surface area (Å²) in [5, 5.41) is 0. The molecule has 0 aromatic heterocycles. The summed E-state index contributed by atoms with van der Waals surface area (Å²) in [6.45, 7) is -2.71. The van der Waals surface area contributed by atoms with Crippen LogP contribution in [0, 0.1) is 0 Å². The zero-order chi connectivity index (χ0) is 10.5. The molecule has 0 aliphatic carbocycles. The third kappa shape index (κ3) is 14.7. The maximum atomic E-state index is 11.4. The molecule has 5 nitrogen and oxygen atoms in total. The molecule has 10 heteroatoms. The van der Waals surface area contributed by atoms with Crippen molar-refractivity contribution in [1.82, 2.24) is 0 Å². The number of ether oxygens (including phenoxy) is 1. The predicted molar refractivity (Wildman–Crippen MR) is 41.5 cm³/mol. The normalized spacial score (nSPS) is 12.3. The summed E-state index contributed by atoms with van der Waals surface area (Å²) in [4.78, 5) is 0. The van der Waals surface area contributed by atoms with E-state index in [0.29, 0.717) is 0 Å². The van der Waals surface area contributed by atoms with Gasteiger partial charge in [0.05, 0.1) is 13.2 Å². The second kappa shape index (κ2) is 6.66. The number of rotatable bonds is 5. The summed E-state index contributed by atoms with van der Waals surface area (Å²) in [6, 6.07) is 0. The van der Waals surface area contributed by atoms with Gasteiger partial charge in [0.15, 0.2) is 0 Å². The van der Waals surface area contributed by atoms with Crippen molar-refractivity contribution in [3.63, 3.8) is 0 Å². The summed E-state index contributed by atoms with van der Waals surface area (Å²) in [5.41, 5.74) is 0. The average molecular weight is 232 g/mol. The number of hydrogen-bond acceptors (Lipinski definition) is 4. The molecule has 0 aliphatic rings. The van der Waals surface area contributed by atoms with Crippen molar-refractivity contribution < 1.29 is 35.1 Å². The first-order valence-corrected chi connectivity index (χ1v) is 4.33. The molecule has 14 heavy (non-hydrogen) atoms. The zero-order valence-corrected chi connectivity index (χ0v) is 7.06. The van der Waals surface area contributed by atoms with Crippen molar-refractivity contribution in [3.8, 4) is 0 Å². The molecule has 0 aromatic rings. The minimum absolute atomic E-state index is 0. The molecule has 0 aromatic carbocycles. The van der Waals surface area contributed by atoms with E-state index in [1.165, 1.54) is 0 Å². The molecular weight excluding hydrogens is 224 g/mol. The van der Waals surface area contributed by atoms with E-state index >= 15 is 0 Å². The number of hydrogen-bond donors (Lipinski definition) is 1. The van der Waals surface area contributed by atoms with Crippen LogP contribution in [0.2, 0.25) is 0 Å². The van der Waals surface area contributed by atoms with Gasteiger partial charge in [-0.1, -0.05) is 0 Å². The van der Waals surface area contributed by atoms with Crippen LogP contribution in [0.3, 0.4) is 0 Å². The van der Waals surface area contributed by atoms with Crippen molar-refractivity contribution in [1.29, 1.82) is 0 Å². The standard InChI is InChI=1S/C4H7F3O5S.Li.H/c5-4(6,7)3-11-1-2-12-13(8,9)10;;/h1-3H2,(H,8,9,10);;. The van der Waals surface area contributed by atoms with Crippen LogP contribution in [0.5, 0.6) is 0 Å². The molecule has 0 saturated carbocycles. The molecule has 0 fully saturated rings. The van der Waals surface area contributed by atoms with Crippen molar-refractivity contribution >= 4 is 29.3 Å². The van der Waals surface area contributed by atoms with E-state index in [-0.39, 0.29) is 18.9 Å². The van der Waals surface area contributed by atoms with Crippen LogP contribution in [0.15, 0.2) is 0 Å². The van der Waals surface area contributed by atoms with E-state index in [9.17, 15) is 21.6 Å². The molecule has 0 rings (SSSR count). The molecular formula is C4H8F3LiO5S. The van der Waals surface area contributed by atoms with Crippen LogP contribution in [-0.4, -0.2) is 57.8 Å². The van der Waals surface area contributed by atoms with Crippen LogP contribution in [0.4, 0.5) is 13.2 Å². The van der Waals surface area contributed by atoms with Gasteiger partial charge in [-0.2, -0.15) is 21.6 Å². The van der Waals surface area contributed by atoms with Gasteiger partial charge in [-0.25, -0.2) is 4.18 Å². The van der Waals surface area contributed by atoms with E-state index in [0.717, 1.165) is 0 Å². The van der Waals surface area contributed by atoms with Gasteiger partial charge in [-0.3, -0.25) is 4.55 Å². The number of alkyl halides is 3. The van der Waals surface area contributed by atoms with Crippen LogP contribution in [0.1, 0.15) is 0 Å². The summed E-state index contributed by atoms with van der Waals surface area (Å²) in [6.07, 6.45) is -4.46. The summed E-state index contributed by atoms with van der Waals surface area (Å²) >= 11 is 0. The van der Waals surface area contributed by atoms with Crippen LogP contribution in [0.25, 0.3) is 0 Å². The molecule has 0 aliphatic heterocycles. The topological polar surface area (TPSA) is 72.8 Å². The van der Waals surface area contributed by atoms with Gasteiger partial charge in [0.2, 0.25) is 0 Å². The Morgan fingerprint density at radius 3 is 2.07 bits per heavy atom. The SMILES string of the molecule is O=S(=O)(O)OCCOCC(F)(F)F.[LiH]. The van der Waals surface area contributed by atoms with Gasteiger partial charge in [0.25, 0.3) is 0 Å². The molecule has 0 atom stereocenters. The second-order valence-corrected chi connectivity index (χ2v) is 3.01. The second-order valence-electron chi connectivity index (χ2n) is 1.92. The molecule has 0 heterocycles. The Morgan fingerprint density at radius 2 is 1.71 bits per heavy atom. The molecule has 0 radical (unpaired) electrons. The average Bonchev–Trinajstić information content (AvgIpc) is 1.81. The van der Waals surface area contributed by atoms with Crippen LogP contribution >= 0.6 is 0 Å². The third-order valence-electron chi connectivity index (χ3n) is 0.726. The van der Waals surface area contributed by atoms with E-state index in [1.54, 1.807) is 0 Å². The number of halogens is 3. The first kappa shape index (κ1) is 16.6. The van der Waals surface area contributed by atoms with Gasteiger partial charge in [-0.15, -0.1) is 0 Å². The maximum absolute atomic E-state index is 11.4. The van der Waals surface area contributed by atoms with Crippen LogP contribution < -0.4 is 0 Å². The predicted octanol–water partition coefficient (Wildman–Crippen LogP) is -0.264. The van der Waals surface area contributed by atoms with E-state index in [2.05, 4.69) is 8.92 Å². The monoisotopic (exact) mass is 232 g/mol. The minimum atomic E-state index is -4.60. The Bertz CT molecular complexity index is 238. The van der Waals surface area contributed by atoms with Gasteiger partial charge < -0.3 is 4.74 Å². The summed E-state index contributed by atoms with van der Waals surface area (Å²) in [5.74, 6) is 0. The van der Waals surface area contributed by atoms with E-state index in [1.807, 2.05) is 0 Å². The molecule has 0 amide bonds. The first-order chi connectivity index (χ1) is 5.71. The summed E-state index contributed by atoms with van der Waals surface area (Å²) in [7, 11) is -4.60. The Kier molecular flexibility index (Phi) is 7.91. The van der Waals surface area contributed by atoms with Crippen molar-refractivity contribution in [2.45, 2.75) is 6.18 Å². The fourth-order valence-corrected chi connectivity index (χ4v) is 0.665. The molecule has 0 spiro atoms. The van der Waals surface area contributed by atoms with E-state index < -0.39 is 36.4 Å². The van der Waals surface area contributed by atoms with Gasteiger partial charge in [0.1, 0.15) is 6.61 Å². The molecule has 82 valence electrons. The Morgan fingerprint density at radius 1 is 1.21 bits per heavy atom. The quantitative estimate of drug-likeness (QED) is 0.401. The Labute approximate surface area is 90.7 Å². The van der Waals surface area contributed by atoms with Gasteiger partial charge in [0, 0.05) is 0 Å². The van der Waals surface area contributed by atoms with Crippen molar-refractivity contribution in [2.75, 3.05) is 19.8 Å². The van der Waals surface area contributed by atoms with Gasteiger partial charge in [-0.05, 0) is 0 Å². The van der Waals surface area contributed by atoms with Crippen molar-refractivity contribution in [3.05, 3.63) is 0 Å². The van der Waals surface area contributed by atoms with Crippen molar-refractivity contribution in [2.24, 2.45) is 0 Å². The third-order valence-corrected chi connectivity index (χ3v) is 1.19. The molecule has 1 N–H and O–H groups in total. The molecule has 0 unspecified atom stereocenters. The Balaban J connectivity index is 0. The zero-order valence-electron chi connectivity index (χ0n) is 6.24. The fraction of sp³-hybridized carbons (Fsp3) is 1.00. The fourth-order valence-electron chi connectivity index (χ4n) is 0.386.